The van der Waals surface area contributed by atoms with Gasteiger partial charge in [-0.05, 0) is 22.6 Å². The Morgan fingerprint density at radius 3 is 2.96 bits per heavy atom. The lowest BCUT2D eigenvalue weighted by Crippen LogP contribution is -2.55. The number of amides is 1. The van der Waals surface area contributed by atoms with Crippen LogP contribution in [0.2, 0.25) is 0 Å². The first-order chi connectivity index (χ1) is 11.5. The maximum absolute atomic E-state index is 11.9. The Balaban J connectivity index is 1.47. The molecule has 0 aliphatic carbocycles. The number of nitro groups is 1. The first-order valence-electron chi connectivity index (χ1n) is 7.19. The first-order valence-corrected chi connectivity index (χ1v) is 7.98. The molecule has 2 aliphatic rings. The molecule has 2 aliphatic heterocycles. The molecular weight excluding hydrogens is 384 g/mol. The quantitative estimate of drug-likeness (QED) is 0.581. The highest BCUT2D eigenvalue weighted by Crippen LogP contribution is 2.17. The molecule has 1 saturated heterocycles. The molecule has 1 fully saturated rings. The van der Waals surface area contributed by atoms with Crippen molar-refractivity contribution in [3.05, 3.63) is 56.4 Å². The molecular formula is C14H15BrN4O5. The van der Waals surface area contributed by atoms with E-state index in [-0.39, 0.29) is 25.1 Å². The standard InChI is InChI=1S/C14H15BrN4O5/c15-10-3-1-9(2-4-10)7-24-14(20)16-11-5-18-6-12(19(21)22)17-13(18)23-8-11/h1-4,6,11,13,17H,5,7-8H2,(H,16,20). The van der Waals surface area contributed by atoms with Crippen LogP contribution in [0.4, 0.5) is 4.79 Å². The number of halogens is 1. The third-order valence-corrected chi connectivity index (χ3v) is 4.08. The van der Waals surface area contributed by atoms with Crippen LogP contribution in [0, 0.1) is 10.1 Å². The van der Waals surface area contributed by atoms with Gasteiger partial charge in [-0.1, -0.05) is 28.1 Å². The molecule has 10 heteroatoms. The van der Waals surface area contributed by atoms with Crippen LogP contribution in [0.25, 0.3) is 0 Å². The zero-order chi connectivity index (χ0) is 17.1. The summed E-state index contributed by atoms with van der Waals surface area (Å²) in [4.78, 5) is 23.7. The number of nitrogens with zero attached hydrogens (tertiary/aromatic N) is 2. The molecule has 0 radical (unpaired) electrons. The number of carbonyl (C=O) groups is 1. The number of hydrogen-bond acceptors (Lipinski definition) is 7. The van der Waals surface area contributed by atoms with Gasteiger partial charge in [-0.2, -0.15) is 0 Å². The van der Waals surface area contributed by atoms with Gasteiger partial charge in [0, 0.05) is 11.0 Å². The van der Waals surface area contributed by atoms with Crippen LogP contribution in [0.5, 0.6) is 0 Å². The molecule has 0 bridgehead atoms. The van der Waals surface area contributed by atoms with E-state index in [4.69, 9.17) is 9.47 Å². The van der Waals surface area contributed by atoms with Gasteiger partial charge >= 0.3 is 11.9 Å². The highest BCUT2D eigenvalue weighted by atomic mass is 79.9. The van der Waals surface area contributed by atoms with Crippen molar-refractivity contribution in [1.29, 1.82) is 0 Å². The molecule has 2 unspecified atom stereocenters. The van der Waals surface area contributed by atoms with E-state index in [1.807, 2.05) is 24.3 Å². The summed E-state index contributed by atoms with van der Waals surface area (Å²) >= 11 is 3.34. The zero-order valence-corrected chi connectivity index (χ0v) is 14.1. The van der Waals surface area contributed by atoms with E-state index in [2.05, 4.69) is 26.6 Å². The van der Waals surface area contributed by atoms with Gasteiger partial charge in [0.15, 0.2) is 0 Å². The van der Waals surface area contributed by atoms with Gasteiger partial charge in [-0.3, -0.25) is 0 Å². The minimum atomic E-state index is -0.567. The lowest BCUT2D eigenvalue weighted by atomic mass is 10.2. The number of ether oxygens (including phenoxy) is 2. The molecule has 1 aromatic rings. The molecule has 0 saturated carbocycles. The van der Waals surface area contributed by atoms with Crippen molar-refractivity contribution in [2.45, 2.75) is 19.0 Å². The third kappa shape index (κ3) is 3.95. The highest BCUT2D eigenvalue weighted by molar-refractivity contribution is 9.10. The Hall–Kier alpha value is -2.33. The van der Waals surface area contributed by atoms with Crippen molar-refractivity contribution < 1.29 is 19.2 Å². The molecule has 3 rings (SSSR count). The van der Waals surface area contributed by atoms with Crippen LogP contribution in [0.15, 0.2) is 40.8 Å². The minimum Gasteiger partial charge on any atom is -0.445 e. The summed E-state index contributed by atoms with van der Waals surface area (Å²) in [6.07, 6.45) is 0.240. The van der Waals surface area contributed by atoms with Crippen LogP contribution in [-0.4, -0.2) is 41.5 Å². The topological polar surface area (TPSA) is 106 Å². The third-order valence-electron chi connectivity index (χ3n) is 3.55. The normalized spacial score (nSPS) is 22.2. The molecule has 128 valence electrons. The number of carbonyl (C=O) groups excluding carboxylic acids is 1. The second-order valence-corrected chi connectivity index (χ2v) is 6.26. The van der Waals surface area contributed by atoms with Crippen molar-refractivity contribution in [2.75, 3.05) is 13.2 Å². The average Bonchev–Trinajstić information content (AvgIpc) is 2.98. The SMILES string of the molecule is O=C(NC1COC2NC([N+](=O)[O-])=CN2C1)OCc1ccc(Br)cc1. The van der Waals surface area contributed by atoms with Crippen LogP contribution < -0.4 is 10.6 Å². The smallest absolute Gasteiger partial charge is 0.407 e. The van der Waals surface area contributed by atoms with E-state index in [1.165, 1.54) is 6.20 Å². The Bertz CT molecular complexity index is 666. The number of hydrogen-bond donors (Lipinski definition) is 2. The monoisotopic (exact) mass is 398 g/mol. The Morgan fingerprint density at radius 1 is 1.50 bits per heavy atom. The maximum atomic E-state index is 11.9. The molecule has 9 nitrogen and oxygen atoms in total. The summed E-state index contributed by atoms with van der Waals surface area (Å²) < 4.78 is 11.6. The van der Waals surface area contributed by atoms with Gasteiger partial charge in [0.1, 0.15) is 6.61 Å². The van der Waals surface area contributed by atoms with Crippen molar-refractivity contribution in [2.24, 2.45) is 0 Å². The van der Waals surface area contributed by atoms with Crippen molar-refractivity contribution >= 4 is 22.0 Å². The predicted molar refractivity (Wildman–Crippen MR) is 85.9 cm³/mol. The second kappa shape index (κ2) is 7.05. The van der Waals surface area contributed by atoms with Crippen molar-refractivity contribution in [3.63, 3.8) is 0 Å². The fourth-order valence-corrected chi connectivity index (χ4v) is 2.66. The summed E-state index contributed by atoms with van der Waals surface area (Å²) in [5.41, 5.74) is 0.871. The van der Waals surface area contributed by atoms with Gasteiger partial charge in [0.05, 0.1) is 18.8 Å². The zero-order valence-electron chi connectivity index (χ0n) is 12.5. The highest BCUT2D eigenvalue weighted by Gasteiger charge is 2.38. The molecule has 0 aromatic heterocycles. The summed E-state index contributed by atoms with van der Waals surface area (Å²) in [5, 5.41) is 16.1. The molecule has 1 aromatic carbocycles. The number of nitrogens with one attached hydrogen (secondary N) is 2. The lowest BCUT2D eigenvalue weighted by Gasteiger charge is -2.32. The molecule has 1 amide bonds. The largest absolute Gasteiger partial charge is 0.445 e. The molecule has 24 heavy (non-hydrogen) atoms. The van der Waals surface area contributed by atoms with E-state index in [0.29, 0.717) is 6.54 Å². The van der Waals surface area contributed by atoms with Gasteiger partial charge in [0.25, 0.3) is 6.35 Å². The van der Waals surface area contributed by atoms with Crippen LogP contribution in [0.1, 0.15) is 5.56 Å². The number of alkyl carbamates (subject to hydrolysis) is 1. The lowest BCUT2D eigenvalue weighted by molar-refractivity contribution is -0.432. The summed E-state index contributed by atoms with van der Waals surface area (Å²) in [7, 11) is 0. The van der Waals surface area contributed by atoms with E-state index < -0.39 is 17.4 Å². The Labute approximate surface area is 145 Å². The van der Waals surface area contributed by atoms with Crippen LogP contribution in [0.3, 0.4) is 0 Å². The Kier molecular flexibility index (Phi) is 4.86. The fraction of sp³-hybridized carbons (Fsp3) is 0.357. The molecule has 2 N–H and O–H groups in total. The minimum absolute atomic E-state index is 0.126. The van der Waals surface area contributed by atoms with Gasteiger partial charge in [-0.15, -0.1) is 0 Å². The summed E-state index contributed by atoms with van der Waals surface area (Å²) in [6.45, 7) is 0.786. The Morgan fingerprint density at radius 2 is 2.25 bits per heavy atom. The number of rotatable bonds is 4. The molecule has 2 heterocycles. The van der Waals surface area contributed by atoms with E-state index >= 15 is 0 Å². The summed E-state index contributed by atoms with van der Waals surface area (Å²) in [6, 6.07) is 7.12. The van der Waals surface area contributed by atoms with E-state index in [0.717, 1.165) is 10.0 Å². The van der Waals surface area contributed by atoms with Crippen molar-refractivity contribution in [3.8, 4) is 0 Å². The van der Waals surface area contributed by atoms with Gasteiger partial charge in [0.2, 0.25) is 0 Å². The number of benzene rings is 1. The average molecular weight is 399 g/mol. The van der Waals surface area contributed by atoms with E-state index in [9.17, 15) is 14.9 Å². The predicted octanol–water partition coefficient (Wildman–Crippen LogP) is 1.34. The van der Waals surface area contributed by atoms with Crippen molar-refractivity contribution in [1.82, 2.24) is 15.5 Å². The number of fused-ring (bicyclic) bond motifs is 1. The fourth-order valence-electron chi connectivity index (χ4n) is 2.40. The molecule has 0 spiro atoms. The maximum Gasteiger partial charge on any atom is 0.407 e. The van der Waals surface area contributed by atoms with Crippen LogP contribution in [-0.2, 0) is 16.1 Å². The van der Waals surface area contributed by atoms with Gasteiger partial charge in [-0.25, -0.2) is 10.1 Å². The second-order valence-electron chi connectivity index (χ2n) is 5.34. The van der Waals surface area contributed by atoms with Gasteiger partial charge < -0.3 is 29.8 Å². The molecule has 2 atom stereocenters. The first kappa shape index (κ1) is 16.5. The summed E-state index contributed by atoms with van der Waals surface area (Å²) in [5.74, 6) is -0.126. The van der Waals surface area contributed by atoms with Crippen LogP contribution >= 0.6 is 15.9 Å². The van der Waals surface area contributed by atoms with E-state index in [1.54, 1.807) is 4.90 Å².